The molecule has 1 N–H and O–H groups in total. The highest BCUT2D eigenvalue weighted by atomic mass is 19.4. The lowest BCUT2D eigenvalue weighted by Gasteiger charge is -2.26. The zero-order valence-electron chi connectivity index (χ0n) is 17.0. The largest absolute Gasteiger partial charge is 0.491 e. The molecule has 0 radical (unpaired) electrons. The summed E-state index contributed by atoms with van der Waals surface area (Å²) in [6.07, 6.45) is -9.35. The number of carbonyl (C=O) groups excluding carboxylic acids is 1. The highest BCUT2D eigenvalue weighted by Crippen LogP contribution is 2.34. The van der Waals surface area contributed by atoms with Crippen molar-refractivity contribution in [2.45, 2.75) is 43.9 Å². The summed E-state index contributed by atoms with van der Waals surface area (Å²) in [5.74, 6) is -0.0377. The van der Waals surface area contributed by atoms with Gasteiger partial charge < -0.3 is 19.5 Å². The van der Waals surface area contributed by atoms with Gasteiger partial charge in [-0.25, -0.2) is 4.68 Å². The number of aryl methyl sites for hydroxylation is 1. The number of fused-ring (bicyclic) bond motifs is 2. The standard InChI is InChI=1S/C20H19F6N3O4/c21-19(22,23)10-33-14-3-4-29-17(32-9-14)7-15(28-29)18(30)27-13-6-11-5-12(20(24,25)26)1-2-16(11)31-8-13/h1-2,5,7,13-14H,3-4,6,8-10H2,(H,27,30)/t13-,14+/m1/s1. The van der Waals surface area contributed by atoms with Crippen LogP contribution in [0.2, 0.25) is 0 Å². The maximum Gasteiger partial charge on any atom is 0.416 e. The van der Waals surface area contributed by atoms with Crippen molar-refractivity contribution in [2.75, 3.05) is 19.8 Å². The molecular formula is C20H19F6N3O4. The predicted molar refractivity (Wildman–Crippen MR) is 100 cm³/mol. The van der Waals surface area contributed by atoms with Crippen molar-refractivity contribution in [2.24, 2.45) is 0 Å². The summed E-state index contributed by atoms with van der Waals surface area (Å²) in [5.41, 5.74) is -0.464. The molecule has 1 aromatic heterocycles. The maximum atomic E-state index is 13.0. The van der Waals surface area contributed by atoms with Crippen molar-refractivity contribution in [3.8, 4) is 11.6 Å². The highest BCUT2D eigenvalue weighted by molar-refractivity contribution is 5.92. The smallest absolute Gasteiger partial charge is 0.416 e. The lowest BCUT2D eigenvalue weighted by Crippen LogP contribution is -2.43. The Balaban J connectivity index is 1.36. The lowest BCUT2D eigenvalue weighted by molar-refractivity contribution is -0.188. The number of aromatic nitrogens is 2. The molecule has 0 saturated heterocycles. The first-order valence-electron chi connectivity index (χ1n) is 10.0. The van der Waals surface area contributed by atoms with Crippen LogP contribution in [0.4, 0.5) is 26.3 Å². The fourth-order valence-electron chi connectivity index (χ4n) is 3.58. The van der Waals surface area contributed by atoms with E-state index in [1.807, 2.05) is 0 Å². The quantitative estimate of drug-likeness (QED) is 0.681. The fraction of sp³-hybridized carbons (Fsp3) is 0.500. The number of rotatable bonds is 4. The van der Waals surface area contributed by atoms with E-state index in [-0.39, 0.29) is 44.2 Å². The first kappa shape index (κ1) is 23.2. The Morgan fingerprint density at radius 1 is 1.15 bits per heavy atom. The topological polar surface area (TPSA) is 74.6 Å². The van der Waals surface area contributed by atoms with Crippen molar-refractivity contribution in [3.63, 3.8) is 0 Å². The van der Waals surface area contributed by atoms with Crippen LogP contribution in [0, 0.1) is 0 Å². The van der Waals surface area contributed by atoms with Crippen LogP contribution in [0.25, 0.3) is 0 Å². The number of halogens is 6. The zero-order valence-corrected chi connectivity index (χ0v) is 17.0. The summed E-state index contributed by atoms with van der Waals surface area (Å²) < 4.78 is 92.9. The highest BCUT2D eigenvalue weighted by Gasteiger charge is 2.33. The number of benzene rings is 1. The van der Waals surface area contributed by atoms with E-state index in [2.05, 4.69) is 10.4 Å². The number of ether oxygens (including phenoxy) is 3. The number of carbonyl (C=O) groups is 1. The average molecular weight is 479 g/mol. The maximum absolute atomic E-state index is 13.0. The van der Waals surface area contributed by atoms with Gasteiger partial charge in [0.2, 0.25) is 5.88 Å². The van der Waals surface area contributed by atoms with Crippen LogP contribution in [0.3, 0.4) is 0 Å². The van der Waals surface area contributed by atoms with E-state index in [9.17, 15) is 31.1 Å². The Kier molecular flexibility index (Phi) is 6.16. The van der Waals surface area contributed by atoms with E-state index in [0.717, 1.165) is 12.1 Å². The van der Waals surface area contributed by atoms with Gasteiger partial charge in [-0.05, 0) is 36.6 Å². The Morgan fingerprint density at radius 3 is 2.67 bits per heavy atom. The summed E-state index contributed by atoms with van der Waals surface area (Å²) in [6.45, 7) is -1.25. The van der Waals surface area contributed by atoms with Gasteiger partial charge in [0.1, 0.15) is 25.6 Å². The van der Waals surface area contributed by atoms with Crippen LogP contribution >= 0.6 is 0 Å². The van der Waals surface area contributed by atoms with Crippen molar-refractivity contribution in [3.05, 3.63) is 41.1 Å². The molecule has 4 rings (SSSR count). The molecule has 2 aliphatic rings. The lowest BCUT2D eigenvalue weighted by atomic mass is 10.00. The molecular weight excluding hydrogens is 460 g/mol. The zero-order chi connectivity index (χ0) is 23.8. The van der Waals surface area contributed by atoms with Crippen molar-refractivity contribution >= 4 is 5.91 Å². The Hall–Kier alpha value is -2.96. The van der Waals surface area contributed by atoms with Crippen LogP contribution in [0.5, 0.6) is 11.6 Å². The molecule has 0 bridgehead atoms. The molecule has 2 aliphatic heterocycles. The van der Waals surface area contributed by atoms with Crippen LogP contribution in [-0.2, 0) is 23.9 Å². The predicted octanol–water partition coefficient (Wildman–Crippen LogP) is 3.37. The van der Waals surface area contributed by atoms with Crippen LogP contribution < -0.4 is 14.8 Å². The molecule has 0 unspecified atom stereocenters. The number of nitrogens with zero attached hydrogens (tertiary/aromatic N) is 2. The average Bonchev–Trinajstić information content (AvgIpc) is 3.05. The van der Waals surface area contributed by atoms with E-state index in [1.165, 1.54) is 16.8 Å². The molecule has 2 aromatic rings. The second-order valence-corrected chi connectivity index (χ2v) is 7.74. The molecule has 33 heavy (non-hydrogen) atoms. The van der Waals surface area contributed by atoms with Gasteiger partial charge in [0.15, 0.2) is 5.69 Å². The van der Waals surface area contributed by atoms with Gasteiger partial charge in [0.05, 0.1) is 17.7 Å². The molecule has 0 aliphatic carbocycles. The number of hydrogen-bond acceptors (Lipinski definition) is 5. The number of amides is 1. The van der Waals surface area contributed by atoms with E-state index < -0.39 is 42.6 Å². The first-order chi connectivity index (χ1) is 15.5. The third-order valence-electron chi connectivity index (χ3n) is 5.17. The van der Waals surface area contributed by atoms with E-state index in [1.54, 1.807) is 0 Å². The van der Waals surface area contributed by atoms with Crippen LogP contribution in [0.15, 0.2) is 24.3 Å². The van der Waals surface area contributed by atoms with E-state index in [0.29, 0.717) is 11.3 Å². The summed E-state index contributed by atoms with van der Waals surface area (Å²) in [6, 6.07) is 3.97. The number of hydrogen-bond donors (Lipinski definition) is 1. The second kappa shape index (κ2) is 8.76. The minimum atomic E-state index is -4.49. The van der Waals surface area contributed by atoms with Crippen LogP contribution in [-0.4, -0.2) is 53.8 Å². The number of nitrogens with one attached hydrogen (secondary N) is 1. The van der Waals surface area contributed by atoms with Gasteiger partial charge in [-0.1, -0.05) is 0 Å². The third kappa shape index (κ3) is 5.70. The molecule has 1 amide bonds. The second-order valence-electron chi connectivity index (χ2n) is 7.74. The summed E-state index contributed by atoms with van der Waals surface area (Å²) in [7, 11) is 0. The van der Waals surface area contributed by atoms with Gasteiger partial charge >= 0.3 is 12.4 Å². The molecule has 180 valence electrons. The third-order valence-corrected chi connectivity index (χ3v) is 5.17. The summed E-state index contributed by atoms with van der Waals surface area (Å²) in [5, 5.41) is 6.80. The van der Waals surface area contributed by atoms with E-state index in [4.69, 9.17) is 14.2 Å². The minimum absolute atomic E-state index is 0.00880. The molecule has 2 atom stereocenters. The fourth-order valence-corrected chi connectivity index (χ4v) is 3.58. The van der Waals surface area contributed by atoms with Gasteiger partial charge in [0.25, 0.3) is 5.91 Å². The molecule has 0 saturated carbocycles. The summed E-state index contributed by atoms with van der Waals surface area (Å²) in [4.78, 5) is 12.6. The molecule has 7 nitrogen and oxygen atoms in total. The number of alkyl halides is 6. The van der Waals surface area contributed by atoms with Crippen molar-refractivity contribution < 1.29 is 45.3 Å². The molecule has 0 spiro atoms. The van der Waals surface area contributed by atoms with E-state index >= 15 is 0 Å². The molecule has 0 fully saturated rings. The van der Waals surface area contributed by atoms with Crippen molar-refractivity contribution in [1.82, 2.24) is 15.1 Å². The monoisotopic (exact) mass is 479 g/mol. The minimum Gasteiger partial charge on any atom is -0.491 e. The molecule has 13 heteroatoms. The molecule has 1 aromatic carbocycles. The van der Waals surface area contributed by atoms with Gasteiger partial charge in [-0.2, -0.15) is 31.4 Å². The Morgan fingerprint density at radius 2 is 1.94 bits per heavy atom. The van der Waals surface area contributed by atoms with Crippen LogP contribution in [0.1, 0.15) is 28.0 Å². The van der Waals surface area contributed by atoms with Gasteiger partial charge in [-0.15, -0.1) is 0 Å². The SMILES string of the molecule is O=C(N[C@H]1COc2ccc(C(F)(F)F)cc2C1)c1cc2n(n1)CC[C@H](OCC(F)(F)F)CO2. The normalized spacial score (nSPS) is 20.7. The summed E-state index contributed by atoms with van der Waals surface area (Å²) >= 11 is 0. The van der Waals surface area contributed by atoms with Gasteiger partial charge in [0, 0.05) is 12.6 Å². The van der Waals surface area contributed by atoms with Crippen molar-refractivity contribution in [1.29, 1.82) is 0 Å². The Labute approximate surface area is 183 Å². The Bertz CT molecular complexity index is 995. The van der Waals surface area contributed by atoms with Gasteiger partial charge in [-0.3, -0.25) is 4.79 Å². The first-order valence-corrected chi connectivity index (χ1v) is 10.0. The molecule has 3 heterocycles.